The minimum atomic E-state index is -4.35. The van der Waals surface area contributed by atoms with E-state index < -0.39 is 11.7 Å². The van der Waals surface area contributed by atoms with E-state index in [9.17, 15) is 17.6 Å². The normalized spacial score (nSPS) is 15.3. The maximum Gasteiger partial charge on any atom is 0.416 e. The first-order valence-electron chi connectivity index (χ1n) is 11.0. The molecule has 1 aromatic heterocycles. The molecule has 33 heavy (non-hydrogen) atoms. The number of benzene rings is 3. The Kier molecular flexibility index (Phi) is 5.56. The van der Waals surface area contributed by atoms with E-state index in [0.29, 0.717) is 38.0 Å². The van der Waals surface area contributed by atoms with Gasteiger partial charge in [-0.2, -0.15) is 13.2 Å². The summed E-state index contributed by atoms with van der Waals surface area (Å²) < 4.78 is 56.3. The zero-order valence-electron chi connectivity index (χ0n) is 17.9. The van der Waals surface area contributed by atoms with Crippen molar-refractivity contribution in [2.24, 2.45) is 0 Å². The Morgan fingerprint density at radius 2 is 1.61 bits per heavy atom. The Bertz CT molecular complexity index is 1270. The van der Waals surface area contributed by atoms with Crippen LogP contribution in [0.3, 0.4) is 0 Å². The van der Waals surface area contributed by atoms with Crippen molar-refractivity contribution in [3.8, 4) is 0 Å². The molecule has 4 aromatic rings. The van der Waals surface area contributed by atoms with Crippen LogP contribution in [-0.4, -0.2) is 22.6 Å². The number of aromatic nitrogens is 2. The summed E-state index contributed by atoms with van der Waals surface area (Å²) in [4.78, 5) is 6.96. The van der Waals surface area contributed by atoms with Crippen LogP contribution in [0.5, 0.6) is 0 Å². The summed E-state index contributed by atoms with van der Waals surface area (Å²) in [7, 11) is 0. The van der Waals surface area contributed by atoms with Crippen molar-refractivity contribution in [3.63, 3.8) is 0 Å². The van der Waals surface area contributed by atoms with Gasteiger partial charge in [0.05, 0.1) is 23.1 Å². The second-order valence-corrected chi connectivity index (χ2v) is 8.46. The predicted molar refractivity (Wildman–Crippen MR) is 121 cm³/mol. The van der Waals surface area contributed by atoms with E-state index in [0.717, 1.165) is 22.5 Å². The molecule has 0 atom stereocenters. The second kappa shape index (κ2) is 8.54. The first-order chi connectivity index (χ1) is 15.9. The number of piperidine rings is 1. The van der Waals surface area contributed by atoms with E-state index >= 15 is 0 Å². The largest absolute Gasteiger partial charge is 0.416 e. The fourth-order valence-corrected chi connectivity index (χ4v) is 4.78. The molecule has 2 heterocycles. The van der Waals surface area contributed by atoms with E-state index in [-0.39, 0.29) is 11.7 Å². The van der Waals surface area contributed by atoms with Crippen molar-refractivity contribution in [2.45, 2.75) is 31.5 Å². The van der Waals surface area contributed by atoms with Crippen LogP contribution in [0, 0.1) is 5.82 Å². The molecule has 0 bridgehead atoms. The summed E-state index contributed by atoms with van der Waals surface area (Å²) in [6.07, 6.45) is -3.14. The molecule has 0 spiro atoms. The van der Waals surface area contributed by atoms with E-state index in [1.54, 1.807) is 18.2 Å². The molecule has 3 aromatic carbocycles. The summed E-state index contributed by atoms with van der Waals surface area (Å²) in [5, 5.41) is 0. The molecule has 7 heteroatoms. The van der Waals surface area contributed by atoms with Gasteiger partial charge in [0.15, 0.2) is 0 Å². The number of fused-ring (bicyclic) bond motifs is 1. The van der Waals surface area contributed by atoms with Crippen LogP contribution in [0.1, 0.15) is 35.4 Å². The van der Waals surface area contributed by atoms with E-state index in [1.807, 2.05) is 30.3 Å². The van der Waals surface area contributed by atoms with Crippen LogP contribution in [-0.2, 0) is 12.7 Å². The summed E-state index contributed by atoms with van der Waals surface area (Å²) in [5.74, 6) is 0.325. The molecule has 0 radical (unpaired) electrons. The van der Waals surface area contributed by atoms with Crippen LogP contribution in [0.15, 0.2) is 72.8 Å². The highest BCUT2D eigenvalue weighted by atomic mass is 19.4. The van der Waals surface area contributed by atoms with Gasteiger partial charge in [-0.15, -0.1) is 0 Å². The third kappa shape index (κ3) is 4.32. The maximum atomic E-state index is 13.8. The molecule has 0 unspecified atom stereocenters. The van der Waals surface area contributed by atoms with Crippen molar-refractivity contribution in [3.05, 3.63) is 95.3 Å². The molecule has 0 aliphatic carbocycles. The Morgan fingerprint density at radius 3 is 2.36 bits per heavy atom. The Hall–Kier alpha value is -3.35. The second-order valence-electron chi connectivity index (χ2n) is 8.46. The molecule has 0 amide bonds. The number of para-hydroxylation sites is 2. The van der Waals surface area contributed by atoms with Crippen molar-refractivity contribution in [2.75, 3.05) is 18.0 Å². The lowest BCUT2D eigenvalue weighted by atomic mass is 9.86. The zero-order valence-corrected chi connectivity index (χ0v) is 17.9. The lowest BCUT2D eigenvalue weighted by Gasteiger charge is -2.34. The van der Waals surface area contributed by atoms with Gasteiger partial charge in [-0.1, -0.05) is 42.5 Å². The average Bonchev–Trinajstić information content (AvgIpc) is 3.17. The van der Waals surface area contributed by atoms with Gasteiger partial charge in [0, 0.05) is 13.1 Å². The van der Waals surface area contributed by atoms with Crippen molar-refractivity contribution >= 4 is 17.0 Å². The first-order valence-corrected chi connectivity index (χ1v) is 11.0. The quantitative estimate of drug-likeness (QED) is 0.324. The van der Waals surface area contributed by atoms with Gasteiger partial charge in [-0.3, -0.25) is 0 Å². The third-order valence-corrected chi connectivity index (χ3v) is 6.35. The van der Waals surface area contributed by atoms with Gasteiger partial charge in [0.2, 0.25) is 5.95 Å². The molecule has 1 aliphatic rings. The van der Waals surface area contributed by atoms with Gasteiger partial charge in [-0.25, -0.2) is 9.37 Å². The van der Waals surface area contributed by atoms with E-state index in [2.05, 4.69) is 9.47 Å². The lowest BCUT2D eigenvalue weighted by Crippen LogP contribution is -2.35. The minimum Gasteiger partial charge on any atom is -0.342 e. The average molecular weight is 453 g/mol. The molecule has 1 aliphatic heterocycles. The van der Waals surface area contributed by atoms with Crippen molar-refractivity contribution in [1.29, 1.82) is 0 Å². The van der Waals surface area contributed by atoms with Gasteiger partial charge < -0.3 is 9.47 Å². The van der Waals surface area contributed by atoms with Crippen molar-refractivity contribution in [1.82, 2.24) is 9.55 Å². The monoisotopic (exact) mass is 453 g/mol. The standard InChI is InChI=1S/C26H23F4N3/c27-20-7-5-6-18(16-20)17-33-24-11-4-3-10-23(24)31-25(33)32-14-12-19(13-15-32)21-8-1-2-9-22(21)26(28,29)30/h1-11,16,19H,12-15,17H2. The highest BCUT2D eigenvalue weighted by Gasteiger charge is 2.36. The molecule has 0 N–H and O–H groups in total. The molecular formula is C26H23F4N3. The van der Waals surface area contributed by atoms with Crippen LogP contribution in [0.4, 0.5) is 23.5 Å². The number of halogens is 4. The number of alkyl halides is 3. The number of imidazole rings is 1. The Labute approximate surface area is 189 Å². The molecule has 170 valence electrons. The summed E-state index contributed by atoms with van der Waals surface area (Å²) in [6.45, 7) is 1.66. The fourth-order valence-electron chi connectivity index (χ4n) is 4.78. The van der Waals surface area contributed by atoms with Crippen LogP contribution < -0.4 is 4.90 Å². The maximum absolute atomic E-state index is 13.8. The van der Waals surface area contributed by atoms with Gasteiger partial charge in [0.1, 0.15) is 5.82 Å². The number of nitrogens with zero attached hydrogens (tertiary/aromatic N) is 3. The minimum absolute atomic E-state index is 0.153. The number of hydrogen-bond acceptors (Lipinski definition) is 2. The van der Waals surface area contributed by atoms with Crippen LogP contribution in [0.25, 0.3) is 11.0 Å². The van der Waals surface area contributed by atoms with Crippen LogP contribution >= 0.6 is 0 Å². The third-order valence-electron chi connectivity index (χ3n) is 6.35. The topological polar surface area (TPSA) is 21.1 Å². The summed E-state index contributed by atoms with van der Waals surface area (Å²) in [5.41, 5.74) is 2.45. The van der Waals surface area contributed by atoms with E-state index in [1.165, 1.54) is 24.3 Å². The van der Waals surface area contributed by atoms with E-state index in [4.69, 9.17) is 4.98 Å². The van der Waals surface area contributed by atoms with Crippen LogP contribution in [0.2, 0.25) is 0 Å². The zero-order chi connectivity index (χ0) is 23.0. The summed E-state index contributed by atoms with van der Waals surface area (Å²) >= 11 is 0. The SMILES string of the molecule is Fc1cccc(Cn2c(N3CCC(c4ccccc4C(F)(F)F)CC3)nc3ccccc32)c1. The molecular weight excluding hydrogens is 430 g/mol. The first kappa shape index (κ1) is 21.5. The molecule has 1 fully saturated rings. The fraction of sp³-hybridized carbons (Fsp3) is 0.269. The summed E-state index contributed by atoms with van der Waals surface area (Å²) in [6, 6.07) is 20.2. The molecule has 3 nitrogen and oxygen atoms in total. The lowest BCUT2D eigenvalue weighted by molar-refractivity contribution is -0.138. The molecule has 0 saturated carbocycles. The van der Waals surface area contributed by atoms with Gasteiger partial charge >= 0.3 is 6.18 Å². The van der Waals surface area contributed by atoms with Crippen molar-refractivity contribution < 1.29 is 17.6 Å². The Balaban J connectivity index is 1.43. The highest BCUT2D eigenvalue weighted by molar-refractivity contribution is 5.79. The van der Waals surface area contributed by atoms with Gasteiger partial charge in [-0.05, 0) is 60.2 Å². The van der Waals surface area contributed by atoms with Gasteiger partial charge in [0.25, 0.3) is 0 Å². The number of hydrogen-bond donors (Lipinski definition) is 0. The smallest absolute Gasteiger partial charge is 0.342 e. The molecule has 1 saturated heterocycles. The highest BCUT2D eigenvalue weighted by Crippen LogP contribution is 2.39. The number of anilines is 1. The predicted octanol–water partition coefficient (Wildman–Crippen LogP) is 6.63. The number of rotatable bonds is 4. The Morgan fingerprint density at radius 1 is 0.879 bits per heavy atom. The molecule has 5 rings (SSSR count).